The molecule has 0 spiro atoms. The Labute approximate surface area is 84.9 Å². The Balaban J connectivity index is 2.37. The molecule has 0 fully saturated rings. The third kappa shape index (κ3) is 1.66. The van der Waals surface area contributed by atoms with E-state index in [9.17, 15) is 5.11 Å². The number of aromatic hydroxyl groups is 1. The molecule has 1 aliphatic heterocycles. The first kappa shape index (κ1) is 8.90. The summed E-state index contributed by atoms with van der Waals surface area (Å²) in [6.45, 7) is 0.228. The second-order valence-corrected chi connectivity index (χ2v) is 3.93. The maximum Gasteiger partial charge on any atom is 0.231 e. The first-order valence-corrected chi connectivity index (χ1v) is 5.73. The Morgan fingerprint density at radius 1 is 1.38 bits per heavy atom. The summed E-state index contributed by atoms with van der Waals surface area (Å²) in [4.78, 5) is 0. The van der Waals surface area contributed by atoms with Crippen molar-refractivity contribution in [3.63, 3.8) is 0 Å². The van der Waals surface area contributed by atoms with Crippen LogP contribution in [0.2, 0.25) is 0 Å². The van der Waals surface area contributed by atoms with Crippen molar-refractivity contribution in [3.8, 4) is 17.2 Å². The van der Waals surface area contributed by atoms with Crippen LogP contribution in [0.3, 0.4) is 0 Å². The molecule has 0 bridgehead atoms. The minimum absolute atomic E-state index is 0.228. The van der Waals surface area contributed by atoms with E-state index in [1.54, 1.807) is 12.1 Å². The van der Waals surface area contributed by atoms with Crippen LogP contribution in [0.1, 0.15) is 5.56 Å². The molecule has 0 unspecified atom stereocenters. The molecule has 70 valence electrons. The van der Waals surface area contributed by atoms with E-state index in [4.69, 9.17) is 9.47 Å². The van der Waals surface area contributed by atoms with E-state index in [2.05, 4.69) is 11.7 Å². The molecule has 0 aliphatic carbocycles. The molecule has 1 heterocycles. The molecule has 3 nitrogen and oxygen atoms in total. The second kappa shape index (κ2) is 3.59. The first-order valence-electron chi connectivity index (χ1n) is 3.69. The number of phenols is 1. The predicted octanol–water partition coefficient (Wildman–Crippen LogP) is 2.20. The SMILES string of the molecule is Oc1cc2c(cc1CSS)OCO2. The summed E-state index contributed by atoms with van der Waals surface area (Å²) in [6, 6.07) is 3.35. The lowest BCUT2D eigenvalue weighted by Crippen LogP contribution is -1.92. The third-order valence-electron chi connectivity index (χ3n) is 1.79. The van der Waals surface area contributed by atoms with Gasteiger partial charge in [0.25, 0.3) is 0 Å². The van der Waals surface area contributed by atoms with Crippen molar-refractivity contribution in [2.45, 2.75) is 5.75 Å². The number of hydrogen-bond donors (Lipinski definition) is 2. The van der Waals surface area contributed by atoms with Crippen molar-refractivity contribution in [1.29, 1.82) is 0 Å². The van der Waals surface area contributed by atoms with Crippen LogP contribution < -0.4 is 9.47 Å². The van der Waals surface area contributed by atoms with Gasteiger partial charge in [-0.25, -0.2) is 0 Å². The van der Waals surface area contributed by atoms with Gasteiger partial charge in [-0.15, -0.1) is 11.7 Å². The Morgan fingerprint density at radius 2 is 2.08 bits per heavy atom. The fourth-order valence-corrected chi connectivity index (χ4v) is 1.95. The van der Waals surface area contributed by atoms with E-state index in [0.717, 1.165) is 5.56 Å². The molecule has 0 atom stereocenters. The van der Waals surface area contributed by atoms with Gasteiger partial charge in [-0.1, -0.05) is 10.8 Å². The Kier molecular flexibility index (Phi) is 2.46. The van der Waals surface area contributed by atoms with Crippen LogP contribution in [0.15, 0.2) is 12.1 Å². The topological polar surface area (TPSA) is 38.7 Å². The largest absolute Gasteiger partial charge is 0.507 e. The highest BCUT2D eigenvalue weighted by atomic mass is 33.1. The van der Waals surface area contributed by atoms with Crippen molar-refractivity contribution >= 4 is 22.5 Å². The van der Waals surface area contributed by atoms with Crippen LogP contribution in [-0.2, 0) is 5.75 Å². The Morgan fingerprint density at radius 3 is 2.77 bits per heavy atom. The average Bonchev–Trinajstić information content (AvgIpc) is 2.52. The van der Waals surface area contributed by atoms with Crippen LogP contribution in [-0.4, -0.2) is 11.9 Å². The lowest BCUT2D eigenvalue weighted by Gasteiger charge is -2.03. The molecule has 1 N–H and O–H groups in total. The number of thiol groups is 1. The van der Waals surface area contributed by atoms with Crippen molar-refractivity contribution in [3.05, 3.63) is 17.7 Å². The van der Waals surface area contributed by atoms with E-state index in [1.807, 2.05) is 0 Å². The highest BCUT2D eigenvalue weighted by Crippen LogP contribution is 2.38. The van der Waals surface area contributed by atoms with Gasteiger partial charge < -0.3 is 14.6 Å². The van der Waals surface area contributed by atoms with Crippen molar-refractivity contribution < 1.29 is 14.6 Å². The average molecular weight is 216 g/mol. The van der Waals surface area contributed by atoms with Crippen LogP contribution in [0.25, 0.3) is 0 Å². The Hall–Kier alpha value is -0.680. The highest BCUT2D eigenvalue weighted by Gasteiger charge is 2.16. The first-order chi connectivity index (χ1) is 6.31. The standard InChI is InChI=1S/C8H8O3S2/c9-6-2-8-7(10-4-11-8)1-5(6)3-13-12/h1-2,9,12H,3-4H2. The maximum absolute atomic E-state index is 9.52. The molecule has 0 saturated carbocycles. The summed E-state index contributed by atoms with van der Waals surface area (Å²) in [5.41, 5.74) is 0.809. The fourth-order valence-electron chi connectivity index (χ4n) is 1.16. The van der Waals surface area contributed by atoms with Crippen LogP contribution in [0, 0.1) is 0 Å². The number of ether oxygens (including phenoxy) is 2. The number of rotatable bonds is 2. The number of phenolic OH excluding ortho intramolecular Hbond substituents is 1. The minimum atomic E-state index is 0.228. The number of hydrogen-bond acceptors (Lipinski definition) is 5. The van der Waals surface area contributed by atoms with Gasteiger partial charge in [-0.3, -0.25) is 0 Å². The molecular formula is C8H8O3S2. The van der Waals surface area contributed by atoms with Gasteiger partial charge in [0.1, 0.15) is 5.75 Å². The van der Waals surface area contributed by atoms with Gasteiger partial charge in [-0.05, 0) is 6.07 Å². The van der Waals surface area contributed by atoms with E-state index >= 15 is 0 Å². The molecule has 0 aromatic heterocycles. The summed E-state index contributed by atoms with van der Waals surface area (Å²) >= 11 is 4.02. The molecule has 5 heteroatoms. The summed E-state index contributed by atoms with van der Waals surface area (Å²) < 4.78 is 10.3. The molecule has 1 aromatic carbocycles. The third-order valence-corrected chi connectivity index (χ3v) is 2.62. The summed E-state index contributed by atoms with van der Waals surface area (Å²) in [6.07, 6.45) is 0. The van der Waals surface area contributed by atoms with E-state index in [-0.39, 0.29) is 12.5 Å². The van der Waals surface area contributed by atoms with E-state index in [0.29, 0.717) is 17.3 Å². The zero-order valence-corrected chi connectivity index (χ0v) is 8.40. The van der Waals surface area contributed by atoms with Gasteiger partial charge in [0.15, 0.2) is 11.5 Å². The van der Waals surface area contributed by atoms with Gasteiger partial charge in [0, 0.05) is 17.4 Å². The molecular weight excluding hydrogens is 208 g/mol. The molecule has 1 aliphatic rings. The Bertz CT molecular complexity index is 327. The lowest BCUT2D eigenvalue weighted by atomic mass is 10.2. The quantitative estimate of drug-likeness (QED) is 0.587. The van der Waals surface area contributed by atoms with Crippen LogP contribution >= 0.6 is 22.5 Å². The van der Waals surface area contributed by atoms with Crippen molar-refractivity contribution in [1.82, 2.24) is 0 Å². The van der Waals surface area contributed by atoms with E-state index in [1.165, 1.54) is 10.8 Å². The minimum Gasteiger partial charge on any atom is -0.507 e. The maximum atomic E-state index is 9.52. The lowest BCUT2D eigenvalue weighted by molar-refractivity contribution is 0.174. The van der Waals surface area contributed by atoms with Crippen LogP contribution in [0.4, 0.5) is 0 Å². The highest BCUT2D eigenvalue weighted by molar-refractivity contribution is 8.68. The van der Waals surface area contributed by atoms with Crippen LogP contribution in [0.5, 0.6) is 17.2 Å². The normalized spacial score (nSPS) is 13.3. The number of fused-ring (bicyclic) bond motifs is 1. The molecule has 2 rings (SSSR count). The van der Waals surface area contributed by atoms with Gasteiger partial charge >= 0.3 is 0 Å². The van der Waals surface area contributed by atoms with Gasteiger partial charge in [-0.2, -0.15) is 0 Å². The van der Waals surface area contributed by atoms with Crippen molar-refractivity contribution in [2.24, 2.45) is 0 Å². The second-order valence-electron chi connectivity index (χ2n) is 2.61. The monoisotopic (exact) mass is 216 g/mol. The zero-order valence-electron chi connectivity index (χ0n) is 6.69. The van der Waals surface area contributed by atoms with Gasteiger partial charge in [0.2, 0.25) is 6.79 Å². The molecule has 13 heavy (non-hydrogen) atoms. The molecule has 0 radical (unpaired) electrons. The smallest absolute Gasteiger partial charge is 0.231 e. The predicted molar refractivity (Wildman–Crippen MR) is 54.5 cm³/mol. The molecule has 0 saturated heterocycles. The summed E-state index contributed by atoms with van der Waals surface area (Å²) in [7, 11) is 1.35. The summed E-state index contributed by atoms with van der Waals surface area (Å²) in [5.74, 6) is 2.16. The molecule has 0 amide bonds. The fraction of sp³-hybridized carbons (Fsp3) is 0.250. The number of benzene rings is 1. The zero-order chi connectivity index (χ0) is 9.26. The summed E-state index contributed by atoms with van der Waals surface area (Å²) in [5, 5.41) is 9.52. The van der Waals surface area contributed by atoms with Crippen molar-refractivity contribution in [2.75, 3.05) is 6.79 Å². The molecule has 1 aromatic rings. The van der Waals surface area contributed by atoms with Gasteiger partial charge in [0.05, 0.1) is 0 Å². The van der Waals surface area contributed by atoms with E-state index < -0.39 is 0 Å².